The molecule has 0 unspecified atom stereocenters. The zero-order valence-electron chi connectivity index (χ0n) is 12.1. The number of hydrogen-bond donors (Lipinski definition) is 1. The summed E-state index contributed by atoms with van der Waals surface area (Å²) in [6.45, 7) is 3.73. The Labute approximate surface area is 131 Å². The largest absolute Gasteiger partial charge is 0.325 e. The lowest BCUT2D eigenvalue weighted by atomic mass is 10.3. The van der Waals surface area contributed by atoms with E-state index in [1.54, 1.807) is 6.07 Å². The molecule has 0 atom stereocenters. The second-order valence-corrected chi connectivity index (χ2v) is 5.52. The first kappa shape index (κ1) is 15.9. The van der Waals surface area contributed by atoms with Crippen LogP contribution in [0.4, 0.5) is 11.4 Å². The molecule has 0 fully saturated rings. The number of amides is 1. The highest BCUT2D eigenvalue weighted by Crippen LogP contribution is 2.18. The third kappa shape index (κ3) is 4.52. The normalized spacial score (nSPS) is 10.3. The van der Waals surface area contributed by atoms with Crippen LogP contribution in [0.3, 0.4) is 0 Å². The zero-order chi connectivity index (χ0) is 16.1. The van der Waals surface area contributed by atoms with E-state index in [1.807, 2.05) is 19.9 Å². The average molecular weight is 318 g/mol. The fourth-order valence-corrected chi connectivity index (χ4v) is 2.53. The van der Waals surface area contributed by atoms with Gasteiger partial charge in [-0.1, -0.05) is 17.8 Å². The summed E-state index contributed by atoms with van der Waals surface area (Å²) in [7, 11) is 0. The number of aryl methyl sites for hydroxylation is 2. The Morgan fingerprint density at radius 3 is 2.59 bits per heavy atom. The molecular formula is C14H14N4O3S. The summed E-state index contributed by atoms with van der Waals surface area (Å²) >= 11 is 1.22. The van der Waals surface area contributed by atoms with Crippen molar-refractivity contribution in [2.75, 3.05) is 11.1 Å². The van der Waals surface area contributed by atoms with Gasteiger partial charge in [-0.05, 0) is 26.0 Å². The zero-order valence-corrected chi connectivity index (χ0v) is 12.9. The summed E-state index contributed by atoms with van der Waals surface area (Å²) in [6.07, 6.45) is 0. The first-order valence-corrected chi connectivity index (χ1v) is 7.42. The number of anilines is 1. The van der Waals surface area contributed by atoms with E-state index in [-0.39, 0.29) is 17.3 Å². The molecule has 22 heavy (non-hydrogen) atoms. The molecule has 1 aromatic heterocycles. The first-order chi connectivity index (χ1) is 10.4. The highest BCUT2D eigenvalue weighted by molar-refractivity contribution is 7.99. The van der Waals surface area contributed by atoms with Crippen LogP contribution in [-0.2, 0) is 4.79 Å². The maximum absolute atomic E-state index is 11.9. The standard InChI is InChI=1S/C14H14N4O3S/c1-9-6-10(2)16-14(15-9)22-8-13(19)17-11-4-3-5-12(7-11)18(20)21/h3-7H,8H2,1-2H3,(H,17,19). The van der Waals surface area contributed by atoms with Gasteiger partial charge in [0.2, 0.25) is 5.91 Å². The Bertz CT molecular complexity index is 701. The van der Waals surface area contributed by atoms with E-state index < -0.39 is 4.92 Å². The summed E-state index contributed by atoms with van der Waals surface area (Å²) in [5.41, 5.74) is 2.01. The van der Waals surface area contributed by atoms with Crippen LogP contribution in [0.1, 0.15) is 11.4 Å². The molecule has 0 aliphatic heterocycles. The van der Waals surface area contributed by atoms with Gasteiger partial charge in [-0.15, -0.1) is 0 Å². The molecule has 2 aromatic rings. The minimum absolute atomic E-state index is 0.0666. The molecule has 0 saturated heterocycles. The van der Waals surface area contributed by atoms with Gasteiger partial charge in [0.15, 0.2) is 5.16 Å². The SMILES string of the molecule is Cc1cc(C)nc(SCC(=O)Nc2cccc([N+](=O)[O-])c2)n1. The highest BCUT2D eigenvalue weighted by atomic mass is 32.2. The Morgan fingerprint density at radius 2 is 1.95 bits per heavy atom. The number of thioether (sulfide) groups is 1. The average Bonchev–Trinajstić information content (AvgIpc) is 2.44. The maximum Gasteiger partial charge on any atom is 0.271 e. The second kappa shape index (κ2) is 6.99. The lowest BCUT2D eigenvalue weighted by molar-refractivity contribution is -0.384. The summed E-state index contributed by atoms with van der Waals surface area (Å²) in [5.74, 6) is -0.140. The number of non-ortho nitro benzene ring substituents is 1. The molecule has 0 saturated carbocycles. The van der Waals surface area contributed by atoms with Crippen LogP contribution in [0.2, 0.25) is 0 Å². The van der Waals surface area contributed by atoms with Crippen molar-refractivity contribution in [3.05, 3.63) is 51.8 Å². The minimum atomic E-state index is -0.506. The Hall–Kier alpha value is -2.48. The van der Waals surface area contributed by atoms with Gasteiger partial charge in [-0.25, -0.2) is 9.97 Å². The number of nitrogens with zero attached hydrogens (tertiary/aromatic N) is 3. The predicted octanol–water partition coefficient (Wildman–Crippen LogP) is 2.73. The third-order valence-corrected chi connectivity index (χ3v) is 3.48. The van der Waals surface area contributed by atoms with Crippen molar-refractivity contribution in [1.82, 2.24) is 9.97 Å². The fourth-order valence-electron chi connectivity index (χ4n) is 1.78. The number of nitro benzene ring substituents is 1. The number of nitrogens with one attached hydrogen (secondary N) is 1. The van der Waals surface area contributed by atoms with E-state index in [1.165, 1.54) is 30.0 Å². The molecule has 1 heterocycles. The molecule has 1 amide bonds. The van der Waals surface area contributed by atoms with Crippen molar-refractivity contribution in [2.45, 2.75) is 19.0 Å². The Balaban J connectivity index is 1.95. The topological polar surface area (TPSA) is 98.0 Å². The molecule has 0 bridgehead atoms. The van der Waals surface area contributed by atoms with Gasteiger partial charge in [0.1, 0.15) is 0 Å². The lowest BCUT2D eigenvalue weighted by Crippen LogP contribution is -2.14. The van der Waals surface area contributed by atoms with Crippen LogP contribution in [0.5, 0.6) is 0 Å². The monoisotopic (exact) mass is 318 g/mol. The van der Waals surface area contributed by atoms with Crippen molar-refractivity contribution in [1.29, 1.82) is 0 Å². The summed E-state index contributed by atoms with van der Waals surface area (Å²) < 4.78 is 0. The van der Waals surface area contributed by atoms with E-state index in [4.69, 9.17) is 0 Å². The van der Waals surface area contributed by atoms with E-state index in [0.717, 1.165) is 11.4 Å². The van der Waals surface area contributed by atoms with Gasteiger partial charge in [-0.3, -0.25) is 14.9 Å². The van der Waals surface area contributed by atoms with E-state index in [9.17, 15) is 14.9 Å². The van der Waals surface area contributed by atoms with Crippen molar-refractivity contribution in [3.8, 4) is 0 Å². The number of nitro groups is 1. The molecule has 2 rings (SSSR count). The van der Waals surface area contributed by atoms with Crippen molar-refractivity contribution in [2.24, 2.45) is 0 Å². The van der Waals surface area contributed by atoms with E-state index >= 15 is 0 Å². The Morgan fingerprint density at radius 1 is 1.27 bits per heavy atom. The molecule has 1 N–H and O–H groups in total. The van der Waals surface area contributed by atoms with Gasteiger partial charge in [0.05, 0.1) is 10.7 Å². The number of carbonyl (C=O) groups excluding carboxylic acids is 1. The van der Waals surface area contributed by atoms with Crippen LogP contribution in [0.25, 0.3) is 0 Å². The van der Waals surface area contributed by atoms with Crippen LogP contribution >= 0.6 is 11.8 Å². The van der Waals surface area contributed by atoms with Crippen LogP contribution in [-0.4, -0.2) is 26.6 Å². The van der Waals surface area contributed by atoms with Gasteiger partial charge < -0.3 is 5.32 Å². The van der Waals surface area contributed by atoms with Crippen molar-refractivity contribution >= 4 is 29.0 Å². The molecule has 8 heteroatoms. The number of benzene rings is 1. The molecule has 0 aliphatic rings. The predicted molar refractivity (Wildman–Crippen MR) is 84.0 cm³/mol. The summed E-state index contributed by atoms with van der Waals surface area (Å²) in [6, 6.07) is 7.66. The number of hydrogen-bond acceptors (Lipinski definition) is 6. The fraction of sp³-hybridized carbons (Fsp3) is 0.214. The number of aromatic nitrogens is 2. The van der Waals surface area contributed by atoms with Gasteiger partial charge in [-0.2, -0.15) is 0 Å². The van der Waals surface area contributed by atoms with Crippen molar-refractivity contribution < 1.29 is 9.72 Å². The molecule has 0 radical (unpaired) electrons. The van der Waals surface area contributed by atoms with Crippen LogP contribution in [0, 0.1) is 24.0 Å². The number of rotatable bonds is 5. The Kier molecular flexibility index (Phi) is 5.05. The summed E-state index contributed by atoms with van der Waals surface area (Å²) in [4.78, 5) is 30.5. The molecule has 0 spiro atoms. The van der Waals surface area contributed by atoms with Gasteiger partial charge in [0, 0.05) is 29.2 Å². The molecule has 0 aliphatic carbocycles. The minimum Gasteiger partial charge on any atom is -0.325 e. The van der Waals surface area contributed by atoms with Gasteiger partial charge >= 0.3 is 0 Å². The van der Waals surface area contributed by atoms with Crippen LogP contribution < -0.4 is 5.32 Å². The van der Waals surface area contributed by atoms with Gasteiger partial charge in [0.25, 0.3) is 5.69 Å². The third-order valence-electron chi connectivity index (χ3n) is 2.63. The second-order valence-electron chi connectivity index (χ2n) is 4.58. The lowest BCUT2D eigenvalue weighted by Gasteiger charge is -2.05. The molecule has 114 valence electrons. The first-order valence-electron chi connectivity index (χ1n) is 6.43. The van der Waals surface area contributed by atoms with E-state index in [2.05, 4.69) is 15.3 Å². The van der Waals surface area contributed by atoms with E-state index in [0.29, 0.717) is 10.8 Å². The molecular weight excluding hydrogens is 304 g/mol. The summed E-state index contributed by atoms with van der Waals surface area (Å²) in [5, 5.41) is 13.8. The molecule has 7 nitrogen and oxygen atoms in total. The smallest absolute Gasteiger partial charge is 0.271 e. The van der Waals surface area contributed by atoms with Crippen LogP contribution in [0.15, 0.2) is 35.5 Å². The maximum atomic E-state index is 11.9. The highest BCUT2D eigenvalue weighted by Gasteiger charge is 2.09. The van der Waals surface area contributed by atoms with Crippen molar-refractivity contribution in [3.63, 3.8) is 0 Å². The molecule has 1 aromatic carbocycles. The number of carbonyl (C=O) groups is 1. The quantitative estimate of drug-likeness (QED) is 0.394.